The van der Waals surface area contributed by atoms with E-state index in [4.69, 9.17) is 24.7 Å². The number of carbonyl (C=O) groups is 2. The molecule has 4 atom stereocenters. The number of phosphoric ester groups is 1. The zero-order chi connectivity index (χ0) is 19.8. The molecule has 144 valence electrons. The van der Waals surface area contributed by atoms with Gasteiger partial charge in [0, 0.05) is 12.0 Å². The van der Waals surface area contributed by atoms with Crippen LogP contribution < -0.4 is 0 Å². The number of ether oxygens (including phenoxy) is 1. The summed E-state index contributed by atoms with van der Waals surface area (Å²) >= 11 is 0. The summed E-state index contributed by atoms with van der Waals surface area (Å²) in [7, 11) is -10.6. The fourth-order valence-corrected chi connectivity index (χ4v) is 3.02. The Kier molecular flexibility index (Phi) is 6.34. The van der Waals surface area contributed by atoms with Crippen molar-refractivity contribution in [1.82, 2.24) is 0 Å². The summed E-state index contributed by atoms with van der Waals surface area (Å²) in [4.78, 5) is 58.2. The van der Waals surface area contributed by atoms with E-state index in [0.29, 0.717) is 13.0 Å². The van der Waals surface area contributed by atoms with Crippen molar-refractivity contribution >= 4 is 27.4 Å². The highest BCUT2D eigenvalue weighted by molar-refractivity contribution is 7.54. The average molecular weight is 406 g/mol. The van der Waals surface area contributed by atoms with Gasteiger partial charge in [0.25, 0.3) is 5.34 Å². The highest BCUT2D eigenvalue weighted by atomic mass is 31.2. The lowest BCUT2D eigenvalue weighted by atomic mass is 9.92. The number of carboxylic acid groups (broad SMARTS) is 2. The van der Waals surface area contributed by atoms with E-state index in [-0.39, 0.29) is 0 Å². The lowest BCUT2D eigenvalue weighted by Gasteiger charge is -2.36. The molecule has 0 radical (unpaired) electrons. The van der Waals surface area contributed by atoms with E-state index in [2.05, 4.69) is 4.52 Å². The van der Waals surface area contributed by atoms with Gasteiger partial charge in [0.2, 0.25) is 0 Å². The lowest BCUT2D eigenvalue weighted by molar-refractivity contribution is -0.167. The molecule has 0 aromatic carbocycles. The molecule has 1 aliphatic rings. The summed E-state index contributed by atoms with van der Waals surface area (Å²) in [5.74, 6) is -3.69. The molecule has 0 unspecified atom stereocenters. The summed E-state index contributed by atoms with van der Waals surface area (Å²) in [5, 5.41) is 24.9. The third-order valence-electron chi connectivity index (χ3n) is 3.37. The summed E-state index contributed by atoms with van der Waals surface area (Å²) < 4.78 is 31.3. The molecule has 15 heteroatoms. The predicted molar refractivity (Wildman–Crippen MR) is 76.2 cm³/mol. The standard InChI is InChI=1S/C10H16O13P2/c1-10(9(14)15,24(16,17)18)22-5-2-4(8(12)13)3-6(7(5)11)23-25(19,20)21/h2,5-7,11H,3H2,1H3,(H,12,13)(H,14,15)(H2,16,17,18)(H2,19,20,21)/t5-,6-,7+,10-/m1/s1. The van der Waals surface area contributed by atoms with Gasteiger partial charge >= 0.3 is 27.4 Å². The monoisotopic (exact) mass is 406 g/mol. The second-order valence-corrected chi connectivity index (χ2v) is 8.37. The Balaban J connectivity index is 3.28. The highest BCUT2D eigenvalue weighted by Crippen LogP contribution is 2.52. The quantitative estimate of drug-likeness (QED) is 0.242. The van der Waals surface area contributed by atoms with Crippen LogP contribution in [0.1, 0.15) is 13.3 Å². The second-order valence-electron chi connectivity index (χ2n) is 5.24. The van der Waals surface area contributed by atoms with Gasteiger partial charge in [0.15, 0.2) is 0 Å². The first kappa shape index (κ1) is 21.9. The largest absolute Gasteiger partial charge is 0.479 e. The van der Waals surface area contributed by atoms with Crippen molar-refractivity contribution in [1.29, 1.82) is 0 Å². The van der Waals surface area contributed by atoms with Crippen molar-refractivity contribution in [2.45, 2.75) is 37.0 Å². The summed E-state index contributed by atoms with van der Waals surface area (Å²) in [6.07, 6.45) is -5.76. The maximum Gasteiger partial charge on any atom is 0.469 e. The van der Waals surface area contributed by atoms with Gasteiger partial charge in [-0.3, -0.25) is 9.09 Å². The molecule has 13 nitrogen and oxygen atoms in total. The van der Waals surface area contributed by atoms with Crippen molar-refractivity contribution in [3.05, 3.63) is 11.6 Å². The van der Waals surface area contributed by atoms with Gasteiger partial charge in [0.1, 0.15) is 18.3 Å². The Morgan fingerprint density at radius 3 is 2.08 bits per heavy atom. The number of hydrogen-bond donors (Lipinski definition) is 7. The van der Waals surface area contributed by atoms with E-state index in [1.807, 2.05) is 0 Å². The number of phosphoric acid groups is 1. The van der Waals surface area contributed by atoms with Crippen molar-refractivity contribution in [2.75, 3.05) is 0 Å². The molecule has 0 amide bonds. The SMILES string of the molecule is C[C@](O[C@@H]1C=C(C(=O)O)C[C@@H](OP(=O)(O)O)[C@H]1O)(C(=O)O)P(=O)(O)O. The van der Waals surface area contributed by atoms with E-state index < -0.39 is 63.0 Å². The molecule has 0 spiro atoms. The zero-order valence-electron chi connectivity index (χ0n) is 12.5. The third kappa shape index (κ3) is 5.17. The van der Waals surface area contributed by atoms with Gasteiger partial charge in [-0.2, -0.15) is 0 Å². The van der Waals surface area contributed by atoms with Crippen LogP contribution in [0.25, 0.3) is 0 Å². The van der Waals surface area contributed by atoms with E-state index in [0.717, 1.165) is 0 Å². The summed E-state index contributed by atoms with van der Waals surface area (Å²) in [5.41, 5.74) is -0.563. The Hall–Kier alpha value is -1.14. The van der Waals surface area contributed by atoms with E-state index >= 15 is 0 Å². The molecule has 0 aromatic heterocycles. The molecule has 1 rings (SSSR count). The van der Waals surface area contributed by atoms with E-state index in [9.17, 15) is 33.6 Å². The number of rotatable bonds is 7. The molecule has 1 aliphatic carbocycles. The van der Waals surface area contributed by atoms with Crippen LogP contribution in [0.4, 0.5) is 0 Å². The third-order valence-corrected chi connectivity index (χ3v) is 5.32. The first-order valence-electron chi connectivity index (χ1n) is 6.41. The maximum atomic E-state index is 11.4. The van der Waals surface area contributed by atoms with Crippen LogP contribution in [0.5, 0.6) is 0 Å². The minimum atomic E-state index is -5.45. The topological polar surface area (TPSA) is 228 Å². The molecule has 0 saturated heterocycles. The summed E-state index contributed by atoms with van der Waals surface area (Å²) in [6, 6.07) is 0. The van der Waals surface area contributed by atoms with Gasteiger partial charge in [-0.1, -0.05) is 0 Å². The molecule has 0 aromatic rings. The summed E-state index contributed by atoms with van der Waals surface area (Å²) in [6.45, 7) is 0.505. The Bertz CT molecular complexity index is 674. The number of aliphatic hydroxyl groups excluding tert-OH is 1. The fraction of sp³-hybridized carbons (Fsp3) is 0.600. The first-order chi connectivity index (χ1) is 11.1. The minimum absolute atomic E-state index is 0.505. The molecule has 0 fully saturated rings. The van der Waals surface area contributed by atoms with Crippen LogP contribution in [0.3, 0.4) is 0 Å². The molecule has 25 heavy (non-hydrogen) atoms. The smallest absolute Gasteiger partial charge is 0.469 e. The van der Waals surface area contributed by atoms with Crippen molar-refractivity contribution < 1.29 is 62.9 Å². The first-order valence-corrected chi connectivity index (χ1v) is 9.55. The van der Waals surface area contributed by atoms with Gasteiger partial charge in [-0.15, -0.1) is 0 Å². The van der Waals surface area contributed by atoms with Gasteiger partial charge in [0.05, 0.1) is 0 Å². The van der Waals surface area contributed by atoms with Crippen molar-refractivity contribution in [2.24, 2.45) is 0 Å². The van der Waals surface area contributed by atoms with Gasteiger partial charge in [-0.25, -0.2) is 14.2 Å². The number of aliphatic hydroxyl groups is 1. The van der Waals surface area contributed by atoms with E-state index in [1.165, 1.54) is 0 Å². The maximum absolute atomic E-state index is 11.4. The number of carboxylic acids is 2. The molecule has 7 N–H and O–H groups in total. The van der Waals surface area contributed by atoms with Crippen LogP contribution in [-0.4, -0.2) is 70.5 Å². The Morgan fingerprint density at radius 2 is 1.72 bits per heavy atom. The normalized spacial score (nSPS) is 27.3. The zero-order valence-corrected chi connectivity index (χ0v) is 14.3. The van der Waals surface area contributed by atoms with Crippen LogP contribution in [0.15, 0.2) is 11.6 Å². The van der Waals surface area contributed by atoms with Gasteiger partial charge < -0.3 is 39.6 Å². The number of aliphatic carboxylic acids is 2. The molecule has 0 aliphatic heterocycles. The van der Waals surface area contributed by atoms with Gasteiger partial charge in [-0.05, 0) is 13.0 Å². The Labute approximate surface area is 139 Å². The Morgan fingerprint density at radius 1 is 1.20 bits per heavy atom. The highest BCUT2D eigenvalue weighted by Gasteiger charge is 2.54. The molecular formula is C10H16O13P2. The molecule has 0 saturated carbocycles. The lowest BCUT2D eigenvalue weighted by Crippen LogP contribution is -2.49. The van der Waals surface area contributed by atoms with Crippen LogP contribution in [-0.2, 0) is 28.0 Å². The minimum Gasteiger partial charge on any atom is -0.479 e. The average Bonchev–Trinajstić information content (AvgIpc) is 2.39. The molecule has 0 bridgehead atoms. The van der Waals surface area contributed by atoms with Crippen LogP contribution >= 0.6 is 15.4 Å². The van der Waals surface area contributed by atoms with Crippen molar-refractivity contribution in [3.8, 4) is 0 Å². The predicted octanol–water partition coefficient (Wildman–Crippen LogP) is -1.40. The van der Waals surface area contributed by atoms with E-state index in [1.54, 1.807) is 0 Å². The van der Waals surface area contributed by atoms with Crippen molar-refractivity contribution in [3.63, 3.8) is 0 Å². The molecular weight excluding hydrogens is 390 g/mol. The fourth-order valence-electron chi connectivity index (χ4n) is 1.96. The van der Waals surface area contributed by atoms with Crippen LogP contribution in [0.2, 0.25) is 0 Å². The molecule has 0 heterocycles. The number of hydrogen-bond acceptors (Lipinski definition) is 7. The van der Waals surface area contributed by atoms with Crippen LogP contribution in [0, 0.1) is 0 Å². The second kappa shape index (κ2) is 7.23.